The van der Waals surface area contributed by atoms with Crippen LogP contribution in [-0.4, -0.2) is 14.5 Å². The van der Waals surface area contributed by atoms with Gasteiger partial charge < -0.3 is 0 Å². The molecule has 1 aromatic rings. The van der Waals surface area contributed by atoms with Gasteiger partial charge in [0.2, 0.25) is 0 Å². The Morgan fingerprint density at radius 2 is 2.42 bits per heavy atom. The van der Waals surface area contributed by atoms with E-state index in [9.17, 15) is 4.79 Å². The molecule has 0 bridgehead atoms. The summed E-state index contributed by atoms with van der Waals surface area (Å²) < 4.78 is 7.66. The zero-order chi connectivity index (χ0) is 8.97. The molecule has 12 heavy (non-hydrogen) atoms. The summed E-state index contributed by atoms with van der Waals surface area (Å²) in [6.45, 7) is 4.21. The smallest absolute Gasteiger partial charge is 0.183 e. The van der Waals surface area contributed by atoms with Gasteiger partial charge in [-0.1, -0.05) is 13.8 Å². The summed E-state index contributed by atoms with van der Waals surface area (Å²) in [6, 6.07) is 0. The highest BCUT2D eigenvalue weighted by atomic mass is 32.1. The van der Waals surface area contributed by atoms with Crippen LogP contribution in [0.4, 0.5) is 0 Å². The normalized spacial score (nSPS) is 10.6. The van der Waals surface area contributed by atoms with E-state index in [0.29, 0.717) is 18.0 Å². The lowest BCUT2D eigenvalue weighted by Gasteiger charge is -2.00. The second-order valence-electron chi connectivity index (χ2n) is 3.15. The Kier molecular flexibility index (Phi) is 3.34. The van der Waals surface area contributed by atoms with Crippen molar-refractivity contribution in [3.05, 3.63) is 11.9 Å². The van der Waals surface area contributed by atoms with Gasteiger partial charge in [0.15, 0.2) is 5.78 Å². The first-order valence-electron chi connectivity index (χ1n) is 4.01. The van der Waals surface area contributed by atoms with Gasteiger partial charge in [0.05, 0.1) is 17.9 Å². The lowest BCUT2D eigenvalue weighted by molar-refractivity contribution is 0.0971. The molecule has 0 aliphatic heterocycles. The summed E-state index contributed by atoms with van der Waals surface area (Å²) in [5.41, 5.74) is 0.514. The molecule has 0 atom stereocenters. The molecule has 0 saturated heterocycles. The van der Waals surface area contributed by atoms with Crippen LogP contribution >= 0.6 is 11.7 Å². The maximum absolute atomic E-state index is 11.3. The first kappa shape index (κ1) is 9.32. The lowest BCUT2D eigenvalue weighted by atomic mass is 10.1. The quantitative estimate of drug-likeness (QED) is 0.673. The number of carbonyl (C=O) groups excluding carboxylic acids is 1. The van der Waals surface area contributed by atoms with Crippen LogP contribution < -0.4 is 0 Å². The number of hydrogen-bond acceptors (Lipinski definition) is 4. The van der Waals surface area contributed by atoms with Crippen molar-refractivity contribution in [3.8, 4) is 0 Å². The molecule has 0 spiro atoms. The van der Waals surface area contributed by atoms with Crippen molar-refractivity contribution in [3.63, 3.8) is 0 Å². The van der Waals surface area contributed by atoms with Crippen molar-refractivity contribution in [1.29, 1.82) is 0 Å². The lowest BCUT2D eigenvalue weighted by Crippen LogP contribution is -2.01. The predicted molar refractivity (Wildman–Crippen MR) is 48.3 cm³/mol. The number of carbonyl (C=O) groups is 1. The number of rotatable bonds is 4. The molecular weight excluding hydrogens is 172 g/mol. The van der Waals surface area contributed by atoms with Gasteiger partial charge in [-0.25, -0.2) is 0 Å². The van der Waals surface area contributed by atoms with Gasteiger partial charge in [-0.2, -0.15) is 8.75 Å². The van der Waals surface area contributed by atoms with Crippen LogP contribution in [0.1, 0.15) is 37.2 Å². The van der Waals surface area contributed by atoms with Crippen molar-refractivity contribution < 1.29 is 4.79 Å². The van der Waals surface area contributed by atoms with Gasteiger partial charge in [-0.3, -0.25) is 4.79 Å². The zero-order valence-electron chi connectivity index (χ0n) is 7.28. The summed E-state index contributed by atoms with van der Waals surface area (Å²) >= 11 is 1.08. The Bertz CT molecular complexity index is 244. The molecule has 0 fully saturated rings. The minimum Gasteiger partial charge on any atom is -0.292 e. The zero-order valence-corrected chi connectivity index (χ0v) is 8.10. The Labute approximate surface area is 76.1 Å². The summed E-state index contributed by atoms with van der Waals surface area (Å²) in [4.78, 5) is 11.3. The number of Topliss-reactive ketones (excluding diaryl/α,β-unsaturated/α-hetero) is 1. The van der Waals surface area contributed by atoms with Gasteiger partial charge in [0.25, 0.3) is 0 Å². The van der Waals surface area contributed by atoms with Crippen molar-refractivity contribution in [2.75, 3.05) is 0 Å². The standard InChI is InChI=1S/C8H12N2OS/c1-6(2)3-4-8(11)7-5-9-12-10-7/h5-6H,3-4H2,1-2H3. The van der Waals surface area contributed by atoms with Crippen molar-refractivity contribution in [2.45, 2.75) is 26.7 Å². The monoisotopic (exact) mass is 184 g/mol. The summed E-state index contributed by atoms with van der Waals surface area (Å²) in [5.74, 6) is 0.679. The Balaban J connectivity index is 2.40. The molecule has 0 unspecified atom stereocenters. The van der Waals surface area contributed by atoms with Crippen molar-refractivity contribution in [1.82, 2.24) is 8.75 Å². The highest BCUT2D eigenvalue weighted by molar-refractivity contribution is 6.99. The average molecular weight is 184 g/mol. The van der Waals surface area contributed by atoms with E-state index in [-0.39, 0.29) is 5.78 Å². The SMILES string of the molecule is CC(C)CCC(=O)c1cnsn1. The molecule has 1 aromatic heterocycles. The maximum Gasteiger partial charge on any atom is 0.183 e. The minimum absolute atomic E-state index is 0.109. The third kappa shape index (κ3) is 2.70. The van der Waals surface area contributed by atoms with E-state index in [2.05, 4.69) is 22.6 Å². The fraction of sp³-hybridized carbons (Fsp3) is 0.625. The van der Waals surface area contributed by atoms with E-state index in [1.165, 1.54) is 6.20 Å². The van der Waals surface area contributed by atoms with Gasteiger partial charge in [-0.15, -0.1) is 0 Å². The molecule has 0 amide bonds. The number of ketones is 1. The van der Waals surface area contributed by atoms with Crippen LogP contribution in [0, 0.1) is 5.92 Å². The van der Waals surface area contributed by atoms with Crippen molar-refractivity contribution in [2.24, 2.45) is 5.92 Å². The second-order valence-corrected chi connectivity index (χ2v) is 3.71. The molecule has 0 saturated carbocycles. The first-order chi connectivity index (χ1) is 5.70. The second kappa shape index (κ2) is 4.30. The molecule has 0 aliphatic rings. The Morgan fingerprint density at radius 1 is 1.67 bits per heavy atom. The summed E-state index contributed by atoms with van der Waals surface area (Å²) in [7, 11) is 0. The Morgan fingerprint density at radius 3 is 2.92 bits per heavy atom. The molecule has 66 valence electrons. The van der Waals surface area contributed by atoms with Gasteiger partial charge in [-0.05, 0) is 12.3 Å². The topological polar surface area (TPSA) is 42.9 Å². The predicted octanol–water partition coefficient (Wildman–Crippen LogP) is 2.16. The highest BCUT2D eigenvalue weighted by Gasteiger charge is 2.08. The molecule has 0 aliphatic carbocycles. The van der Waals surface area contributed by atoms with Crippen LogP contribution in [-0.2, 0) is 0 Å². The third-order valence-electron chi connectivity index (χ3n) is 1.60. The molecule has 0 radical (unpaired) electrons. The number of hydrogen-bond donors (Lipinski definition) is 0. The molecule has 3 nitrogen and oxygen atoms in total. The van der Waals surface area contributed by atoms with Gasteiger partial charge >= 0.3 is 0 Å². The molecular formula is C8H12N2OS. The van der Waals surface area contributed by atoms with Gasteiger partial charge in [0, 0.05) is 6.42 Å². The number of nitrogens with zero attached hydrogens (tertiary/aromatic N) is 2. The highest BCUT2D eigenvalue weighted by Crippen LogP contribution is 2.08. The van der Waals surface area contributed by atoms with Gasteiger partial charge in [0.1, 0.15) is 5.69 Å². The fourth-order valence-corrected chi connectivity index (χ4v) is 1.27. The van der Waals surface area contributed by atoms with E-state index in [1.54, 1.807) is 0 Å². The molecule has 1 rings (SSSR count). The van der Waals surface area contributed by atoms with E-state index >= 15 is 0 Å². The van der Waals surface area contributed by atoms with E-state index < -0.39 is 0 Å². The fourth-order valence-electron chi connectivity index (χ4n) is 0.835. The van der Waals surface area contributed by atoms with Crippen molar-refractivity contribution >= 4 is 17.5 Å². The average Bonchev–Trinajstić information content (AvgIpc) is 2.51. The van der Waals surface area contributed by atoms with Crippen LogP contribution in [0.25, 0.3) is 0 Å². The molecule has 1 heterocycles. The maximum atomic E-state index is 11.3. The van der Waals surface area contributed by atoms with Crippen LogP contribution in [0.2, 0.25) is 0 Å². The van der Waals surface area contributed by atoms with Crippen LogP contribution in [0.5, 0.6) is 0 Å². The summed E-state index contributed by atoms with van der Waals surface area (Å²) in [6.07, 6.45) is 3.05. The largest absolute Gasteiger partial charge is 0.292 e. The third-order valence-corrected chi connectivity index (χ3v) is 2.07. The molecule has 4 heteroatoms. The number of aromatic nitrogens is 2. The molecule has 0 N–H and O–H groups in total. The Hall–Kier alpha value is -0.770. The minimum atomic E-state index is 0.109. The van der Waals surface area contributed by atoms with E-state index in [4.69, 9.17) is 0 Å². The van der Waals surface area contributed by atoms with Crippen LogP contribution in [0.15, 0.2) is 6.20 Å². The van der Waals surface area contributed by atoms with E-state index in [0.717, 1.165) is 18.1 Å². The molecule has 0 aromatic carbocycles. The summed E-state index contributed by atoms with van der Waals surface area (Å²) in [5, 5.41) is 0. The first-order valence-corrected chi connectivity index (χ1v) is 4.74. The van der Waals surface area contributed by atoms with Crippen LogP contribution in [0.3, 0.4) is 0 Å². The van der Waals surface area contributed by atoms with E-state index in [1.807, 2.05) is 0 Å².